The average Bonchev–Trinajstić information content (AvgIpc) is 2.87. The summed E-state index contributed by atoms with van der Waals surface area (Å²) in [6, 6.07) is 6.56. The molecule has 0 bridgehead atoms. The van der Waals surface area contributed by atoms with Gasteiger partial charge < -0.3 is 5.32 Å². The Kier molecular flexibility index (Phi) is 4.13. The number of aromatic amines is 1. The van der Waals surface area contributed by atoms with E-state index in [1.54, 1.807) is 18.2 Å². The fourth-order valence-corrected chi connectivity index (χ4v) is 2.41. The fourth-order valence-electron chi connectivity index (χ4n) is 1.69. The van der Waals surface area contributed by atoms with E-state index in [-0.39, 0.29) is 4.90 Å². The third-order valence-corrected chi connectivity index (χ3v) is 3.53. The minimum atomic E-state index is -3.70. The van der Waals surface area contributed by atoms with Gasteiger partial charge >= 0.3 is 0 Å². The molecule has 0 aliphatic carbocycles. The van der Waals surface area contributed by atoms with Crippen molar-refractivity contribution in [3.05, 3.63) is 36.4 Å². The minimum Gasteiger partial charge on any atom is -0.384 e. The van der Waals surface area contributed by atoms with Crippen LogP contribution in [0.5, 0.6) is 0 Å². The zero-order chi connectivity index (χ0) is 13.7. The Morgan fingerprint density at radius 1 is 1.32 bits per heavy atom. The van der Waals surface area contributed by atoms with Crippen LogP contribution < -0.4 is 10.5 Å². The molecular weight excluding hydrogens is 266 g/mol. The Morgan fingerprint density at radius 2 is 2.11 bits per heavy atom. The highest BCUT2D eigenvalue weighted by Crippen LogP contribution is 2.19. The van der Waals surface area contributed by atoms with E-state index >= 15 is 0 Å². The monoisotopic (exact) mass is 281 g/mol. The second kappa shape index (κ2) is 5.81. The highest BCUT2D eigenvalue weighted by molar-refractivity contribution is 7.89. The van der Waals surface area contributed by atoms with Crippen LogP contribution >= 0.6 is 0 Å². The van der Waals surface area contributed by atoms with E-state index in [1.807, 2.05) is 0 Å². The summed E-state index contributed by atoms with van der Waals surface area (Å²) in [4.78, 5) is 4.11. The maximum absolute atomic E-state index is 11.4. The molecule has 0 radical (unpaired) electrons. The van der Waals surface area contributed by atoms with E-state index in [1.165, 1.54) is 12.4 Å². The summed E-state index contributed by atoms with van der Waals surface area (Å²) < 4.78 is 22.8. The molecule has 1 aromatic carbocycles. The van der Waals surface area contributed by atoms with Crippen molar-refractivity contribution in [1.29, 1.82) is 0 Å². The van der Waals surface area contributed by atoms with Crippen LogP contribution in [0.2, 0.25) is 0 Å². The quantitative estimate of drug-likeness (QED) is 0.667. The number of benzene rings is 1. The molecule has 0 spiro atoms. The first-order chi connectivity index (χ1) is 9.07. The second-order valence-corrected chi connectivity index (χ2v) is 5.53. The van der Waals surface area contributed by atoms with Crippen LogP contribution in [0.4, 0.5) is 5.69 Å². The van der Waals surface area contributed by atoms with Gasteiger partial charge in [-0.3, -0.25) is 5.10 Å². The van der Waals surface area contributed by atoms with Crippen molar-refractivity contribution in [2.24, 2.45) is 5.14 Å². The molecule has 0 unspecified atom stereocenters. The van der Waals surface area contributed by atoms with E-state index in [4.69, 9.17) is 5.14 Å². The predicted octanol–water partition coefficient (Wildman–Crippen LogP) is 0.497. The van der Waals surface area contributed by atoms with Crippen LogP contribution in [0.25, 0.3) is 0 Å². The number of nitrogens with zero attached hydrogens (tertiary/aromatic N) is 2. The maximum Gasteiger partial charge on any atom is 0.240 e. The standard InChI is InChI=1S/C11H15N5O2S/c12-19(17,18)10-5-2-1-4-9(10)13-7-3-6-11-14-8-15-16-11/h1-2,4-5,8,13H,3,6-7H2,(H2,12,17,18)(H,14,15,16). The van der Waals surface area contributed by atoms with Crippen molar-refractivity contribution < 1.29 is 8.42 Å². The first kappa shape index (κ1) is 13.5. The molecule has 0 saturated heterocycles. The van der Waals surface area contributed by atoms with Crippen LogP contribution in [0.15, 0.2) is 35.5 Å². The predicted molar refractivity (Wildman–Crippen MR) is 71.0 cm³/mol. The topological polar surface area (TPSA) is 114 Å². The zero-order valence-electron chi connectivity index (χ0n) is 10.2. The number of sulfonamides is 1. The van der Waals surface area contributed by atoms with Gasteiger partial charge in [-0.1, -0.05) is 12.1 Å². The first-order valence-corrected chi connectivity index (χ1v) is 7.32. The second-order valence-electron chi connectivity index (χ2n) is 4.00. The van der Waals surface area contributed by atoms with Crippen molar-refractivity contribution in [2.45, 2.75) is 17.7 Å². The van der Waals surface area contributed by atoms with Gasteiger partial charge in [0.1, 0.15) is 17.0 Å². The third-order valence-electron chi connectivity index (χ3n) is 2.56. The normalized spacial score (nSPS) is 11.4. The van der Waals surface area contributed by atoms with Crippen molar-refractivity contribution in [3.8, 4) is 0 Å². The molecule has 0 saturated carbocycles. The van der Waals surface area contributed by atoms with Crippen molar-refractivity contribution >= 4 is 15.7 Å². The Labute approximate surface area is 111 Å². The highest BCUT2D eigenvalue weighted by Gasteiger charge is 2.12. The van der Waals surface area contributed by atoms with Gasteiger partial charge in [0, 0.05) is 13.0 Å². The molecule has 0 amide bonds. The first-order valence-electron chi connectivity index (χ1n) is 5.77. The molecule has 102 valence electrons. The van der Waals surface area contributed by atoms with E-state index < -0.39 is 10.0 Å². The van der Waals surface area contributed by atoms with E-state index in [2.05, 4.69) is 20.5 Å². The summed E-state index contributed by atoms with van der Waals surface area (Å²) in [6.07, 6.45) is 3.00. The molecule has 2 rings (SSSR count). The minimum absolute atomic E-state index is 0.106. The van der Waals surface area contributed by atoms with Gasteiger partial charge in [0.25, 0.3) is 0 Å². The van der Waals surface area contributed by atoms with E-state index in [9.17, 15) is 8.42 Å². The highest BCUT2D eigenvalue weighted by atomic mass is 32.2. The number of para-hydroxylation sites is 1. The van der Waals surface area contributed by atoms with Crippen LogP contribution in [0.3, 0.4) is 0 Å². The molecule has 1 aromatic heterocycles. The number of hydrogen-bond acceptors (Lipinski definition) is 5. The lowest BCUT2D eigenvalue weighted by Gasteiger charge is -2.09. The summed E-state index contributed by atoms with van der Waals surface area (Å²) in [6.45, 7) is 0.618. The average molecular weight is 281 g/mol. The number of H-pyrrole nitrogens is 1. The van der Waals surface area contributed by atoms with Crippen LogP contribution in [0.1, 0.15) is 12.2 Å². The Morgan fingerprint density at radius 3 is 2.79 bits per heavy atom. The number of rotatable bonds is 6. The number of anilines is 1. The fraction of sp³-hybridized carbons (Fsp3) is 0.273. The summed E-state index contributed by atoms with van der Waals surface area (Å²) >= 11 is 0. The smallest absolute Gasteiger partial charge is 0.240 e. The molecular formula is C11H15N5O2S. The molecule has 1 heterocycles. The van der Waals surface area contributed by atoms with Gasteiger partial charge in [-0.25, -0.2) is 18.5 Å². The lowest BCUT2D eigenvalue weighted by atomic mass is 10.2. The number of primary sulfonamides is 1. The molecule has 7 nitrogen and oxygen atoms in total. The van der Waals surface area contributed by atoms with Gasteiger partial charge in [0.15, 0.2) is 0 Å². The number of aryl methyl sites for hydroxylation is 1. The van der Waals surface area contributed by atoms with Gasteiger partial charge in [-0.05, 0) is 18.6 Å². The summed E-state index contributed by atoms with van der Waals surface area (Å²) in [5, 5.41) is 14.7. The summed E-state index contributed by atoms with van der Waals surface area (Å²) in [5.74, 6) is 0.807. The molecule has 0 aliphatic rings. The maximum atomic E-state index is 11.4. The third kappa shape index (κ3) is 3.76. The number of nitrogens with two attached hydrogens (primary N) is 1. The van der Waals surface area contributed by atoms with Crippen molar-refractivity contribution in [1.82, 2.24) is 15.2 Å². The van der Waals surface area contributed by atoms with Crippen molar-refractivity contribution in [2.75, 3.05) is 11.9 Å². The molecule has 4 N–H and O–H groups in total. The Hall–Kier alpha value is -1.93. The number of hydrogen-bond donors (Lipinski definition) is 3. The van der Waals surface area contributed by atoms with E-state index in [0.717, 1.165) is 18.7 Å². The molecule has 19 heavy (non-hydrogen) atoms. The molecule has 0 aliphatic heterocycles. The van der Waals surface area contributed by atoms with Gasteiger partial charge in [0.05, 0.1) is 5.69 Å². The Balaban J connectivity index is 1.93. The lowest BCUT2D eigenvalue weighted by molar-refractivity contribution is 0.598. The van der Waals surface area contributed by atoms with Crippen molar-refractivity contribution in [3.63, 3.8) is 0 Å². The number of nitrogens with one attached hydrogen (secondary N) is 2. The van der Waals surface area contributed by atoms with Gasteiger partial charge in [-0.15, -0.1) is 0 Å². The SMILES string of the molecule is NS(=O)(=O)c1ccccc1NCCCc1ncn[nH]1. The molecule has 2 aromatic rings. The van der Waals surface area contributed by atoms with Crippen LogP contribution in [-0.4, -0.2) is 30.1 Å². The van der Waals surface area contributed by atoms with Crippen LogP contribution in [0, 0.1) is 0 Å². The largest absolute Gasteiger partial charge is 0.384 e. The summed E-state index contributed by atoms with van der Waals surface area (Å²) in [5.41, 5.74) is 0.516. The zero-order valence-corrected chi connectivity index (χ0v) is 11.0. The number of aromatic nitrogens is 3. The van der Waals surface area contributed by atoms with Gasteiger partial charge in [0.2, 0.25) is 10.0 Å². The molecule has 0 fully saturated rings. The Bertz CT molecular complexity index is 624. The van der Waals surface area contributed by atoms with E-state index in [0.29, 0.717) is 12.2 Å². The molecule has 0 atom stereocenters. The van der Waals surface area contributed by atoms with Gasteiger partial charge in [-0.2, -0.15) is 5.10 Å². The van der Waals surface area contributed by atoms with Crippen LogP contribution in [-0.2, 0) is 16.4 Å². The lowest BCUT2D eigenvalue weighted by Crippen LogP contribution is -2.15. The summed E-state index contributed by atoms with van der Waals surface area (Å²) in [7, 11) is -3.70. The molecule has 8 heteroatoms.